The highest BCUT2D eigenvalue weighted by molar-refractivity contribution is 7.89. The van der Waals surface area contributed by atoms with Gasteiger partial charge in [-0.1, -0.05) is 68.4 Å². The number of carbonyl (C=O) groups excluding carboxylic acids is 1. The molecule has 0 bridgehead atoms. The number of primary sulfonamides is 1. The van der Waals surface area contributed by atoms with Gasteiger partial charge in [-0.05, 0) is 47.1 Å². The first-order valence-electron chi connectivity index (χ1n) is 12.6. The molecule has 38 heavy (non-hydrogen) atoms. The number of hydrogen-bond acceptors (Lipinski definition) is 5. The van der Waals surface area contributed by atoms with E-state index in [0.717, 1.165) is 22.3 Å². The fourth-order valence-electron chi connectivity index (χ4n) is 5.46. The van der Waals surface area contributed by atoms with Crippen LogP contribution < -0.4 is 10.7 Å². The van der Waals surface area contributed by atoms with E-state index in [1.807, 2.05) is 75.4 Å². The number of ether oxygens (including phenoxy) is 1. The molecule has 1 saturated heterocycles. The first-order valence-corrected chi connectivity index (χ1v) is 14.3. The number of benzene rings is 2. The van der Waals surface area contributed by atoms with Crippen molar-refractivity contribution < 1.29 is 17.9 Å². The molecule has 1 aliphatic heterocycles. The van der Waals surface area contributed by atoms with Crippen LogP contribution in [0.2, 0.25) is 0 Å². The van der Waals surface area contributed by atoms with Crippen LogP contribution in [-0.4, -0.2) is 36.3 Å². The highest BCUT2D eigenvalue weighted by Crippen LogP contribution is 2.45. The van der Waals surface area contributed by atoms with E-state index in [1.165, 1.54) is 0 Å². The van der Waals surface area contributed by atoms with E-state index < -0.39 is 27.1 Å². The number of amides is 1. The van der Waals surface area contributed by atoms with Gasteiger partial charge >= 0.3 is 6.09 Å². The molecule has 2 N–H and O–H groups in total. The molecule has 0 unspecified atom stereocenters. The van der Waals surface area contributed by atoms with E-state index >= 15 is 0 Å². The second-order valence-electron chi connectivity index (χ2n) is 11.0. The van der Waals surface area contributed by atoms with E-state index in [-0.39, 0.29) is 17.4 Å². The van der Waals surface area contributed by atoms with Crippen LogP contribution in [0.4, 0.5) is 4.79 Å². The van der Waals surface area contributed by atoms with Gasteiger partial charge in [0.05, 0.1) is 11.8 Å². The summed E-state index contributed by atoms with van der Waals surface area (Å²) >= 11 is 0. The maximum absolute atomic E-state index is 13.5. The number of rotatable bonds is 8. The molecular formula is C29H35N3O5S. The smallest absolute Gasteiger partial charge is 0.411 e. The molecule has 0 aliphatic carbocycles. The molecule has 4 rings (SSSR count). The molecule has 0 spiro atoms. The second-order valence-corrected chi connectivity index (χ2v) is 12.6. The Bertz CT molecular complexity index is 1470. The maximum atomic E-state index is 13.5. The third-order valence-electron chi connectivity index (χ3n) is 7.21. The van der Waals surface area contributed by atoms with Crippen molar-refractivity contribution in [1.82, 2.24) is 9.47 Å². The molecule has 2 atom stereocenters. The zero-order valence-corrected chi connectivity index (χ0v) is 23.1. The quantitative estimate of drug-likeness (QED) is 0.453. The Balaban J connectivity index is 1.56. The molecule has 1 aromatic heterocycles. The predicted molar refractivity (Wildman–Crippen MR) is 148 cm³/mol. The van der Waals surface area contributed by atoms with Gasteiger partial charge in [0.25, 0.3) is 0 Å². The Morgan fingerprint density at radius 1 is 1.00 bits per heavy atom. The van der Waals surface area contributed by atoms with Crippen molar-refractivity contribution in [3.05, 3.63) is 94.4 Å². The Morgan fingerprint density at radius 3 is 2.21 bits per heavy atom. The highest BCUT2D eigenvalue weighted by Gasteiger charge is 2.47. The number of cyclic esters (lactones) is 1. The maximum Gasteiger partial charge on any atom is 0.411 e. The van der Waals surface area contributed by atoms with Crippen molar-refractivity contribution in [2.45, 2.75) is 45.3 Å². The number of nitrogens with zero attached hydrogens (tertiary/aromatic N) is 2. The number of aromatic nitrogens is 1. The third kappa shape index (κ3) is 6.16. The van der Waals surface area contributed by atoms with Crippen molar-refractivity contribution in [3.63, 3.8) is 0 Å². The van der Waals surface area contributed by atoms with Crippen LogP contribution in [-0.2, 0) is 27.4 Å². The fraction of sp³-hybridized carbons (Fsp3) is 0.379. The zero-order chi connectivity index (χ0) is 27.7. The summed E-state index contributed by atoms with van der Waals surface area (Å²) in [5, 5.41) is 5.36. The average Bonchev–Trinajstić information content (AvgIpc) is 2.84. The summed E-state index contributed by atoms with van der Waals surface area (Å²) in [7, 11) is -1.99. The Hall–Kier alpha value is -3.43. The summed E-state index contributed by atoms with van der Waals surface area (Å²) in [6.45, 7) is 6.07. The molecule has 0 saturated carbocycles. The monoisotopic (exact) mass is 537 g/mol. The van der Waals surface area contributed by atoms with Crippen LogP contribution in [0.5, 0.6) is 0 Å². The molecule has 8 nitrogen and oxygen atoms in total. The van der Waals surface area contributed by atoms with Gasteiger partial charge in [-0.15, -0.1) is 0 Å². The van der Waals surface area contributed by atoms with Crippen molar-refractivity contribution in [1.29, 1.82) is 0 Å². The molecule has 1 aliphatic rings. The number of sulfonamides is 1. The van der Waals surface area contributed by atoms with E-state index in [4.69, 9.17) is 9.88 Å². The minimum Gasteiger partial charge on any atom is -0.438 e. The van der Waals surface area contributed by atoms with Gasteiger partial charge in [0.2, 0.25) is 15.6 Å². The minimum atomic E-state index is -3.71. The number of pyridine rings is 1. The number of aryl methyl sites for hydroxylation is 1. The highest BCUT2D eigenvalue weighted by atomic mass is 32.2. The topological polar surface area (TPSA) is 112 Å². The summed E-state index contributed by atoms with van der Waals surface area (Å²) in [6.07, 6.45) is 2.18. The molecule has 3 aromatic rings. The number of nitrogens with two attached hydrogens (primary N) is 1. The molecular weight excluding hydrogens is 502 g/mol. The lowest BCUT2D eigenvalue weighted by molar-refractivity contribution is -0.0801. The van der Waals surface area contributed by atoms with Gasteiger partial charge in [0.1, 0.15) is 5.60 Å². The molecule has 9 heteroatoms. The summed E-state index contributed by atoms with van der Waals surface area (Å²) in [6, 6.07) is 20.5. The van der Waals surface area contributed by atoms with Crippen molar-refractivity contribution in [2.75, 3.05) is 12.3 Å². The van der Waals surface area contributed by atoms with Crippen LogP contribution in [0.1, 0.15) is 50.8 Å². The van der Waals surface area contributed by atoms with Crippen LogP contribution in [0.15, 0.2) is 77.7 Å². The summed E-state index contributed by atoms with van der Waals surface area (Å²) < 4.78 is 31.5. The first-order chi connectivity index (χ1) is 17.8. The SMILES string of the molecule is C[C@@H](c1ccc(-c2ccc(=O)n(C)c2)cc1)N1CC[C@@](CC(C)(C)CS(N)(=O)=O)(c2ccccc2)OC1=O. The Labute approximate surface area is 224 Å². The van der Waals surface area contributed by atoms with E-state index in [0.29, 0.717) is 19.4 Å². The van der Waals surface area contributed by atoms with Gasteiger partial charge in [-0.25, -0.2) is 18.4 Å². The molecule has 1 fully saturated rings. The molecule has 1 amide bonds. The van der Waals surface area contributed by atoms with Gasteiger partial charge in [-0.3, -0.25) is 4.79 Å². The Morgan fingerprint density at radius 2 is 1.63 bits per heavy atom. The van der Waals surface area contributed by atoms with E-state index in [1.54, 1.807) is 34.8 Å². The van der Waals surface area contributed by atoms with Crippen LogP contribution in [0.25, 0.3) is 11.1 Å². The summed E-state index contributed by atoms with van der Waals surface area (Å²) in [5.74, 6) is -0.214. The third-order valence-corrected chi connectivity index (χ3v) is 8.39. The van der Waals surface area contributed by atoms with Gasteiger partial charge in [0, 0.05) is 32.3 Å². The molecule has 2 heterocycles. The van der Waals surface area contributed by atoms with E-state index in [2.05, 4.69) is 0 Å². The number of hydrogen-bond donors (Lipinski definition) is 1. The fourth-order valence-corrected chi connectivity index (χ4v) is 6.65. The Kier molecular flexibility index (Phi) is 7.54. The van der Waals surface area contributed by atoms with E-state index in [9.17, 15) is 18.0 Å². The normalized spacial score (nSPS) is 19.2. The van der Waals surface area contributed by atoms with Crippen LogP contribution in [0.3, 0.4) is 0 Å². The van der Waals surface area contributed by atoms with Crippen molar-refractivity contribution >= 4 is 16.1 Å². The average molecular weight is 538 g/mol. The van der Waals surface area contributed by atoms with Crippen molar-refractivity contribution in [3.8, 4) is 11.1 Å². The van der Waals surface area contributed by atoms with Crippen LogP contribution >= 0.6 is 0 Å². The number of carbonyl (C=O) groups is 1. The van der Waals surface area contributed by atoms with Gasteiger partial charge < -0.3 is 14.2 Å². The lowest BCUT2D eigenvalue weighted by Crippen LogP contribution is -2.51. The minimum absolute atomic E-state index is 0.0674. The lowest BCUT2D eigenvalue weighted by atomic mass is 9.75. The lowest BCUT2D eigenvalue weighted by Gasteiger charge is -2.46. The first kappa shape index (κ1) is 27.6. The molecule has 2 aromatic carbocycles. The zero-order valence-electron chi connectivity index (χ0n) is 22.3. The van der Waals surface area contributed by atoms with Crippen molar-refractivity contribution in [2.24, 2.45) is 17.6 Å². The molecule has 202 valence electrons. The van der Waals surface area contributed by atoms with Gasteiger partial charge in [0.15, 0.2) is 0 Å². The van der Waals surface area contributed by atoms with Gasteiger partial charge in [-0.2, -0.15) is 0 Å². The summed E-state index contributed by atoms with van der Waals surface area (Å²) in [4.78, 5) is 26.9. The van der Waals surface area contributed by atoms with Crippen LogP contribution in [0, 0.1) is 5.41 Å². The molecule has 0 radical (unpaired) electrons. The second kappa shape index (κ2) is 10.4. The summed E-state index contributed by atoms with van der Waals surface area (Å²) in [5.41, 5.74) is 1.95. The predicted octanol–water partition coefficient (Wildman–Crippen LogP) is 4.56. The largest absolute Gasteiger partial charge is 0.438 e. The standard InChI is InChI=1S/C29H35N3O5S/c1-21(22-10-12-23(13-11-22)24-14-15-26(33)31(4)18-24)32-17-16-29(37-27(32)34,25-8-6-5-7-9-25)19-28(2,3)20-38(30,35)36/h5-15,18,21H,16-17,19-20H2,1-4H3,(H2,30,35,36)/t21-,29+/m0/s1.